The van der Waals surface area contributed by atoms with E-state index in [2.05, 4.69) is 4.98 Å². The van der Waals surface area contributed by atoms with Crippen molar-refractivity contribution >= 4 is 16.7 Å². The SMILES string of the molecule is Cc1nc2cc(F)cc(N)c2n1C. The predicted octanol–water partition coefficient (Wildman–Crippen LogP) is 1.60. The van der Waals surface area contributed by atoms with Crippen LogP contribution in [0.15, 0.2) is 12.1 Å². The summed E-state index contributed by atoms with van der Waals surface area (Å²) in [5, 5.41) is 0. The second-order valence-electron chi connectivity index (χ2n) is 3.08. The first kappa shape index (κ1) is 8.04. The molecule has 4 heteroatoms. The number of hydrogen-bond donors (Lipinski definition) is 1. The quantitative estimate of drug-likeness (QED) is 0.624. The van der Waals surface area contributed by atoms with E-state index >= 15 is 0 Å². The van der Waals surface area contributed by atoms with Gasteiger partial charge < -0.3 is 10.3 Å². The van der Waals surface area contributed by atoms with Crippen molar-refractivity contribution in [3.8, 4) is 0 Å². The molecule has 68 valence electrons. The minimum Gasteiger partial charge on any atom is -0.397 e. The lowest BCUT2D eigenvalue weighted by atomic mass is 10.2. The van der Waals surface area contributed by atoms with E-state index in [9.17, 15) is 4.39 Å². The molecule has 0 radical (unpaired) electrons. The molecule has 2 N–H and O–H groups in total. The number of nitrogens with zero attached hydrogens (tertiary/aromatic N) is 2. The van der Waals surface area contributed by atoms with Crippen molar-refractivity contribution in [1.82, 2.24) is 9.55 Å². The molecule has 1 heterocycles. The Morgan fingerprint density at radius 1 is 1.46 bits per heavy atom. The molecule has 0 amide bonds. The van der Waals surface area contributed by atoms with Crippen molar-refractivity contribution in [2.45, 2.75) is 6.92 Å². The van der Waals surface area contributed by atoms with Gasteiger partial charge in [0.2, 0.25) is 0 Å². The Bertz CT molecular complexity index is 473. The van der Waals surface area contributed by atoms with Crippen LogP contribution in [0.2, 0.25) is 0 Å². The molecule has 3 nitrogen and oxygen atoms in total. The fraction of sp³-hybridized carbons (Fsp3) is 0.222. The molecule has 0 saturated heterocycles. The van der Waals surface area contributed by atoms with Gasteiger partial charge in [0.1, 0.15) is 11.6 Å². The molecule has 0 unspecified atom stereocenters. The molecule has 13 heavy (non-hydrogen) atoms. The molecule has 0 aliphatic heterocycles. The molecule has 0 spiro atoms. The Hall–Kier alpha value is -1.58. The van der Waals surface area contributed by atoms with Gasteiger partial charge >= 0.3 is 0 Å². The van der Waals surface area contributed by atoms with Crippen LogP contribution in [0.1, 0.15) is 5.82 Å². The standard InChI is InChI=1S/C9H10FN3/c1-5-12-8-4-6(10)3-7(11)9(8)13(5)2/h3-4H,11H2,1-2H3. The van der Waals surface area contributed by atoms with E-state index in [0.29, 0.717) is 11.2 Å². The Labute approximate surface area is 75.0 Å². The second-order valence-corrected chi connectivity index (χ2v) is 3.08. The highest BCUT2D eigenvalue weighted by atomic mass is 19.1. The molecule has 0 atom stereocenters. The number of rotatable bonds is 0. The van der Waals surface area contributed by atoms with Gasteiger partial charge in [-0.15, -0.1) is 0 Å². The molecular weight excluding hydrogens is 169 g/mol. The third-order valence-electron chi connectivity index (χ3n) is 2.19. The molecule has 0 bridgehead atoms. The van der Waals surface area contributed by atoms with Crippen LogP contribution in [0.25, 0.3) is 11.0 Å². The smallest absolute Gasteiger partial charge is 0.127 e. The van der Waals surface area contributed by atoms with E-state index in [-0.39, 0.29) is 5.82 Å². The Kier molecular flexibility index (Phi) is 1.52. The summed E-state index contributed by atoms with van der Waals surface area (Å²) in [4.78, 5) is 4.18. The van der Waals surface area contributed by atoms with Crippen LogP contribution in [0.4, 0.5) is 10.1 Å². The first-order chi connectivity index (χ1) is 6.09. The number of fused-ring (bicyclic) bond motifs is 1. The average Bonchev–Trinajstić information content (AvgIpc) is 2.27. The minimum atomic E-state index is -0.344. The van der Waals surface area contributed by atoms with Crippen LogP contribution in [0.5, 0.6) is 0 Å². The lowest BCUT2D eigenvalue weighted by Gasteiger charge is -2.00. The second kappa shape index (κ2) is 2.45. The summed E-state index contributed by atoms with van der Waals surface area (Å²) >= 11 is 0. The number of nitrogens with two attached hydrogens (primary N) is 1. The Morgan fingerprint density at radius 3 is 2.85 bits per heavy atom. The number of aromatic nitrogens is 2. The number of halogens is 1. The van der Waals surface area contributed by atoms with E-state index in [1.807, 2.05) is 18.5 Å². The maximum absolute atomic E-state index is 12.9. The molecule has 1 aromatic heterocycles. The zero-order chi connectivity index (χ0) is 9.59. The van der Waals surface area contributed by atoms with Crippen LogP contribution < -0.4 is 5.73 Å². The van der Waals surface area contributed by atoms with E-state index in [1.54, 1.807) is 0 Å². The van der Waals surface area contributed by atoms with E-state index < -0.39 is 0 Å². The Morgan fingerprint density at radius 2 is 2.15 bits per heavy atom. The Balaban J connectivity index is 2.94. The topological polar surface area (TPSA) is 43.8 Å². The van der Waals surface area contributed by atoms with Gasteiger partial charge in [-0.25, -0.2) is 9.37 Å². The molecule has 0 fully saturated rings. The minimum absolute atomic E-state index is 0.344. The van der Waals surface area contributed by atoms with Crippen LogP contribution in [-0.4, -0.2) is 9.55 Å². The van der Waals surface area contributed by atoms with Gasteiger partial charge in [0.15, 0.2) is 0 Å². The lowest BCUT2D eigenvalue weighted by Crippen LogP contribution is -1.95. The molecule has 2 aromatic rings. The average molecular weight is 179 g/mol. The molecule has 1 aromatic carbocycles. The fourth-order valence-electron chi connectivity index (χ4n) is 1.47. The summed E-state index contributed by atoms with van der Waals surface area (Å²) < 4.78 is 14.8. The third kappa shape index (κ3) is 1.06. The van der Waals surface area contributed by atoms with E-state index in [0.717, 1.165) is 11.3 Å². The summed E-state index contributed by atoms with van der Waals surface area (Å²) in [5.41, 5.74) is 7.50. The fourth-order valence-corrected chi connectivity index (χ4v) is 1.47. The van der Waals surface area contributed by atoms with Crippen LogP contribution in [0.3, 0.4) is 0 Å². The monoisotopic (exact) mass is 179 g/mol. The van der Waals surface area contributed by atoms with Crippen LogP contribution in [0, 0.1) is 12.7 Å². The van der Waals surface area contributed by atoms with Gasteiger partial charge in [-0.1, -0.05) is 0 Å². The van der Waals surface area contributed by atoms with Crippen molar-refractivity contribution in [3.05, 3.63) is 23.8 Å². The van der Waals surface area contributed by atoms with Crippen molar-refractivity contribution in [2.75, 3.05) is 5.73 Å². The maximum atomic E-state index is 12.9. The number of benzene rings is 1. The molecule has 2 rings (SSSR count). The number of aryl methyl sites for hydroxylation is 2. The van der Waals surface area contributed by atoms with E-state index in [4.69, 9.17) is 5.73 Å². The highest BCUT2D eigenvalue weighted by Gasteiger charge is 2.08. The van der Waals surface area contributed by atoms with Gasteiger partial charge in [0.05, 0.1) is 16.7 Å². The number of nitrogen functional groups attached to an aromatic ring is 1. The van der Waals surface area contributed by atoms with Crippen molar-refractivity contribution in [3.63, 3.8) is 0 Å². The molecule has 0 saturated carbocycles. The van der Waals surface area contributed by atoms with Gasteiger partial charge in [0, 0.05) is 13.1 Å². The summed E-state index contributed by atoms with van der Waals surface area (Å²) in [5.74, 6) is 0.482. The van der Waals surface area contributed by atoms with Crippen molar-refractivity contribution < 1.29 is 4.39 Å². The normalized spacial score (nSPS) is 11.0. The van der Waals surface area contributed by atoms with Gasteiger partial charge in [-0.05, 0) is 13.0 Å². The predicted molar refractivity (Wildman–Crippen MR) is 49.8 cm³/mol. The lowest BCUT2D eigenvalue weighted by molar-refractivity contribution is 0.630. The number of imidazole rings is 1. The summed E-state index contributed by atoms with van der Waals surface area (Å²) in [6.45, 7) is 1.86. The zero-order valence-corrected chi connectivity index (χ0v) is 7.50. The summed E-state index contributed by atoms with van der Waals surface area (Å²) in [6, 6.07) is 2.70. The third-order valence-corrected chi connectivity index (χ3v) is 2.19. The van der Waals surface area contributed by atoms with Gasteiger partial charge in [0.25, 0.3) is 0 Å². The molecule has 0 aliphatic rings. The molecular formula is C9H10FN3. The van der Waals surface area contributed by atoms with Gasteiger partial charge in [-0.3, -0.25) is 0 Å². The van der Waals surface area contributed by atoms with E-state index in [1.165, 1.54) is 12.1 Å². The largest absolute Gasteiger partial charge is 0.397 e. The van der Waals surface area contributed by atoms with Crippen LogP contribution in [-0.2, 0) is 7.05 Å². The maximum Gasteiger partial charge on any atom is 0.127 e. The molecule has 0 aliphatic carbocycles. The van der Waals surface area contributed by atoms with Gasteiger partial charge in [-0.2, -0.15) is 0 Å². The van der Waals surface area contributed by atoms with Crippen molar-refractivity contribution in [2.24, 2.45) is 7.05 Å². The van der Waals surface area contributed by atoms with Crippen molar-refractivity contribution in [1.29, 1.82) is 0 Å². The summed E-state index contributed by atoms with van der Waals surface area (Å²) in [7, 11) is 1.86. The van der Waals surface area contributed by atoms with Crippen LogP contribution >= 0.6 is 0 Å². The highest BCUT2D eigenvalue weighted by molar-refractivity contribution is 5.87. The number of hydrogen-bond acceptors (Lipinski definition) is 2. The summed E-state index contributed by atoms with van der Waals surface area (Å²) in [6.07, 6.45) is 0. The first-order valence-corrected chi connectivity index (χ1v) is 3.97. The highest BCUT2D eigenvalue weighted by Crippen LogP contribution is 2.22. The first-order valence-electron chi connectivity index (χ1n) is 3.97. The number of anilines is 1. The zero-order valence-electron chi connectivity index (χ0n) is 7.50.